The topological polar surface area (TPSA) is 127 Å². The van der Waals surface area contributed by atoms with Gasteiger partial charge in [0.05, 0.1) is 0 Å². The molecule has 1 amide bonds. The van der Waals surface area contributed by atoms with E-state index in [2.05, 4.69) is 12.7 Å². The molecule has 114 valence electrons. The van der Waals surface area contributed by atoms with Crippen molar-refractivity contribution in [3.05, 3.63) is 0 Å². The lowest BCUT2D eigenvalue weighted by Gasteiger charge is -2.05. The van der Waals surface area contributed by atoms with Gasteiger partial charge in [0.15, 0.2) is 0 Å². The molecule has 0 saturated heterocycles. The van der Waals surface area contributed by atoms with E-state index >= 15 is 0 Å². The molecule has 0 heterocycles. The number of rotatable bonds is 10. The minimum atomic E-state index is -1.33. The lowest BCUT2D eigenvalue weighted by Crippen LogP contribution is -2.29. The molecule has 6 N–H and O–H groups in total. The fraction of sp³-hybridized carbons (Fsp3) is 0.846. The number of amides is 1. The maximum absolute atomic E-state index is 10.4. The van der Waals surface area contributed by atoms with Crippen LogP contribution in [0.15, 0.2) is 0 Å². The molecule has 6 nitrogen and oxygen atoms in total. The summed E-state index contributed by atoms with van der Waals surface area (Å²) in [6, 6.07) is -0.662. The first-order chi connectivity index (χ1) is 8.91. The zero-order chi connectivity index (χ0) is 15.1. The summed E-state index contributed by atoms with van der Waals surface area (Å²) >= 11 is 0. The predicted octanol–water partition coefficient (Wildman–Crippen LogP) is 2.55. The molecular weight excluding hydrogens is 248 g/mol. The molecular formula is C13H28N2O4. The Balaban J connectivity index is 0. The first-order valence-electron chi connectivity index (χ1n) is 6.88. The second-order valence-corrected chi connectivity index (χ2v) is 4.55. The van der Waals surface area contributed by atoms with E-state index < -0.39 is 18.1 Å². The zero-order valence-corrected chi connectivity index (χ0v) is 11.8. The van der Waals surface area contributed by atoms with E-state index in [4.69, 9.17) is 20.7 Å². The fourth-order valence-corrected chi connectivity index (χ4v) is 1.62. The largest absolute Gasteiger partial charge is 0.480 e. The van der Waals surface area contributed by atoms with Crippen molar-refractivity contribution in [2.24, 2.45) is 11.5 Å². The molecule has 0 aliphatic carbocycles. The van der Waals surface area contributed by atoms with Gasteiger partial charge in [-0.1, -0.05) is 58.3 Å². The van der Waals surface area contributed by atoms with Crippen LogP contribution in [0.4, 0.5) is 4.79 Å². The van der Waals surface area contributed by atoms with Crippen molar-refractivity contribution < 1.29 is 19.8 Å². The Labute approximate surface area is 115 Å². The molecule has 0 fully saturated rings. The number of hydrogen-bond donors (Lipinski definition) is 4. The van der Waals surface area contributed by atoms with Crippen LogP contribution < -0.4 is 11.5 Å². The highest BCUT2D eigenvalue weighted by molar-refractivity contribution is 5.72. The van der Waals surface area contributed by atoms with Crippen molar-refractivity contribution in [3.8, 4) is 0 Å². The summed E-state index contributed by atoms with van der Waals surface area (Å²) in [5.41, 5.74) is 9.43. The highest BCUT2D eigenvalue weighted by atomic mass is 16.4. The Morgan fingerprint density at radius 1 is 0.947 bits per heavy atom. The van der Waals surface area contributed by atoms with Crippen molar-refractivity contribution >= 4 is 12.1 Å². The van der Waals surface area contributed by atoms with Gasteiger partial charge in [0.25, 0.3) is 0 Å². The van der Waals surface area contributed by atoms with Gasteiger partial charge in [0, 0.05) is 0 Å². The third-order valence-corrected chi connectivity index (χ3v) is 2.69. The van der Waals surface area contributed by atoms with Gasteiger partial charge in [-0.15, -0.1) is 0 Å². The number of primary amides is 1. The lowest BCUT2D eigenvalue weighted by atomic mass is 10.1. The van der Waals surface area contributed by atoms with Crippen LogP contribution in [0.5, 0.6) is 0 Å². The highest BCUT2D eigenvalue weighted by Crippen LogP contribution is 2.10. The molecule has 0 spiro atoms. The Morgan fingerprint density at radius 2 is 1.32 bits per heavy atom. The van der Waals surface area contributed by atoms with Gasteiger partial charge < -0.3 is 21.7 Å². The Bertz CT molecular complexity index is 231. The van der Waals surface area contributed by atoms with Crippen LogP contribution in [-0.4, -0.2) is 28.3 Å². The molecule has 1 atom stereocenters. The zero-order valence-electron chi connectivity index (χ0n) is 11.8. The van der Waals surface area contributed by atoms with Crippen LogP contribution in [0, 0.1) is 0 Å². The monoisotopic (exact) mass is 276 g/mol. The molecule has 0 aromatic heterocycles. The number of hydrogen-bond acceptors (Lipinski definition) is 3. The molecule has 0 saturated carbocycles. The van der Waals surface area contributed by atoms with E-state index in [1.807, 2.05) is 0 Å². The number of aliphatic carboxylic acids is 1. The average Bonchev–Trinajstić information content (AvgIpc) is 2.31. The van der Waals surface area contributed by atoms with Crippen LogP contribution >= 0.6 is 0 Å². The third kappa shape index (κ3) is 22.4. The summed E-state index contributed by atoms with van der Waals surface area (Å²) in [6.07, 6.45) is 9.12. The SMILES string of the molecule is CCCCCCCCCCC(N)C(=O)O.NC(=O)O. The molecule has 0 aromatic rings. The molecule has 0 bridgehead atoms. The van der Waals surface area contributed by atoms with Crippen molar-refractivity contribution in [2.45, 2.75) is 70.8 Å². The average molecular weight is 276 g/mol. The van der Waals surface area contributed by atoms with Gasteiger partial charge in [0.1, 0.15) is 6.04 Å². The van der Waals surface area contributed by atoms with E-state index in [1.165, 1.54) is 38.5 Å². The van der Waals surface area contributed by atoms with E-state index in [-0.39, 0.29) is 0 Å². The molecule has 1 unspecified atom stereocenters. The summed E-state index contributed by atoms with van der Waals surface area (Å²) in [6.45, 7) is 2.22. The molecule has 0 radical (unpaired) electrons. The van der Waals surface area contributed by atoms with Crippen LogP contribution in [0.3, 0.4) is 0 Å². The quantitative estimate of drug-likeness (QED) is 0.456. The van der Waals surface area contributed by atoms with E-state index in [0.29, 0.717) is 6.42 Å². The van der Waals surface area contributed by atoms with Crippen LogP contribution in [-0.2, 0) is 4.79 Å². The van der Waals surface area contributed by atoms with Gasteiger partial charge in [-0.25, -0.2) is 4.79 Å². The third-order valence-electron chi connectivity index (χ3n) is 2.69. The minimum Gasteiger partial charge on any atom is -0.480 e. The number of carboxylic acid groups (broad SMARTS) is 2. The number of unbranched alkanes of at least 4 members (excludes halogenated alkanes) is 7. The van der Waals surface area contributed by atoms with Crippen molar-refractivity contribution in [3.63, 3.8) is 0 Å². The Kier molecular flexibility index (Phi) is 15.6. The maximum Gasteiger partial charge on any atom is 0.402 e. The molecule has 19 heavy (non-hydrogen) atoms. The van der Waals surface area contributed by atoms with Gasteiger partial charge in [0.2, 0.25) is 0 Å². The summed E-state index contributed by atoms with van der Waals surface area (Å²) < 4.78 is 0. The predicted molar refractivity (Wildman–Crippen MR) is 75.1 cm³/mol. The van der Waals surface area contributed by atoms with Crippen molar-refractivity contribution in [1.29, 1.82) is 0 Å². The molecule has 0 aliphatic heterocycles. The molecule has 0 aliphatic rings. The van der Waals surface area contributed by atoms with E-state index in [9.17, 15) is 4.79 Å². The molecule has 6 heteroatoms. The normalized spacial score (nSPS) is 11.3. The van der Waals surface area contributed by atoms with Gasteiger partial charge in [-0.05, 0) is 6.42 Å². The fourth-order valence-electron chi connectivity index (χ4n) is 1.62. The minimum absolute atomic E-state index is 0.615. The van der Waals surface area contributed by atoms with E-state index in [0.717, 1.165) is 12.8 Å². The summed E-state index contributed by atoms with van der Waals surface area (Å²) in [4.78, 5) is 19.2. The standard InChI is InChI=1S/C12H25NO2.CH3NO2/c1-2-3-4-5-6-7-8-9-10-11(13)12(14)15;2-1(3)4/h11H,2-10,13H2,1H3,(H,14,15);2H2,(H,3,4). The summed E-state index contributed by atoms with van der Waals surface area (Å²) in [7, 11) is 0. The number of nitrogens with two attached hydrogens (primary N) is 2. The first-order valence-corrected chi connectivity index (χ1v) is 6.88. The highest BCUT2D eigenvalue weighted by Gasteiger charge is 2.09. The second-order valence-electron chi connectivity index (χ2n) is 4.55. The lowest BCUT2D eigenvalue weighted by molar-refractivity contribution is -0.138. The smallest absolute Gasteiger partial charge is 0.402 e. The summed E-state index contributed by atoms with van der Waals surface area (Å²) in [5.74, 6) is -0.877. The first kappa shape index (κ1) is 20.0. The van der Waals surface area contributed by atoms with Crippen molar-refractivity contribution in [2.75, 3.05) is 0 Å². The van der Waals surface area contributed by atoms with Crippen LogP contribution in [0.25, 0.3) is 0 Å². The Hall–Kier alpha value is -1.30. The van der Waals surface area contributed by atoms with E-state index in [1.54, 1.807) is 0 Å². The van der Waals surface area contributed by atoms with Crippen molar-refractivity contribution in [1.82, 2.24) is 0 Å². The summed E-state index contributed by atoms with van der Waals surface area (Å²) in [5, 5.41) is 15.8. The molecule has 0 aromatic carbocycles. The van der Waals surface area contributed by atoms with Gasteiger partial charge in [-0.2, -0.15) is 0 Å². The second kappa shape index (κ2) is 14.8. The van der Waals surface area contributed by atoms with Crippen LogP contribution in [0.1, 0.15) is 64.7 Å². The van der Waals surface area contributed by atoms with Crippen LogP contribution in [0.2, 0.25) is 0 Å². The maximum atomic E-state index is 10.4. The van der Waals surface area contributed by atoms with Gasteiger partial charge >= 0.3 is 12.1 Å². The number of carboxylic acids is 1. The van der Waals surface area contributed by atoms with Gasteiger partial charge in [-0.3, -0.25) is 4.79 Å². The number of carbonyl (C=O) groups is 2. The molecule has 0 rings (SSSR count). The Morgan fingerprint density at radius 3 is 1.68 bits per heavy atom.